The van der Waals surface area contributed by atoms with Gasteiger partial charge in [-0.1, -0.05) is 31.5 Å². The lowest BCUT2D eigenvalue weighted by Crippen LogP contribution is -2.28. The van der Waals surface area contributed by atoms with Crippen LogP contribution in [0, 0.1) is 11.8 Å². The first-order chi connectivity index (χ1) is 8.97. The Morgan fingerprint density at radius 3 is 2.58 bits per heavy atom. The van der Waals surface area contributed by atoms with E-state index in [-0.39, 0.29) is 6.04 Å². The smallest absolute Gasteiger partial charge is 0.121 e. The topological polar surface area (TPSA) is 35.2 Å². The Bertz CT molecular complexity index is 433. The molecular weight excluding hydrogens is 258 g/mol. The highest BCUT2D eigenvalue weighted by Crippen LogP contribution is 2.33. The zero-order valence-corrected chi connectivity index (χ0v) is 12.8. The van der Waals surface area contributed by atoms with E-state index in [1.807, 2.05) is 25.1 Å². The van der Waals surface area contributed by atoms with Crippen molar-refractivity contribution in [3.8, 4) is 5.75 Å². The summed E-state index contributed by atoms with van der Waals surface area (Å²) in [5.41, 5.74) is 6.83. The molecule has 106 valence electrons. The van der Waals surface area contributed by atoms with Gasteiger partial charge in [-0.2, -0.15) is 0 Å². The van der Waals surface area contributed by atoms with Gasteiger partial charge in [0.2, 0.25) is 0 Å². The van der Waals surface area contributed by atoms with Gasteiger partial charge >= 0.3 is 0 Å². The number of ether oxygens (including phenoxy) is 1. The molecule has 1 aromatic carbocycles. The maximum Gasteiger partial charge on any atom is 0.121 e. The van der Waals surface area contributed by atoms with E-state index >= 15 is 0 Å². The normalized spacial score (nSPS) is 29.0. The van der Waals surface area contributed by atoms with Crippen LogP contribution in [-0.2, 0) is 0 Å². The highest BCUT2D eigenvalue weighted by atomic mass is 35.5. The molecule has 1 saturated carbocycles. The highest BCUT2D eigenvalue weighted by molar-refractivity contribution is 6.31. The second-order valence-corrected chi connectivity index (χ2v) is 6.39. The van der Waals surface area contributed by atoms with Crippen LogP contribution in [-0.4, -0.2) is 6.10 Å². The van der Waals surface area contributed by atoms with Crippen molar-refractivity contribution in [1.82, 2.24) is 0 Å². The molecule has 0 heterocycles. The zero-order valence-electron chi connectivity index (χ0n) is 12.0. The summed E-state index contributed by atoms with van der Waals surface area (Å²) in [4.78, 5) is 0. The minimum absolute atomic E-state index is 0.0443. The lowest BCUT2D eigenvalue weighted by molar-refractivity contribution is 0.101. The average molecular weight is 282 g/mol. The van der Waals surface area contributed by atoms with Crippen molar-refractivity contribution in [1.29, 1.82) is 0 Å². The summed E-state index contributed by atoms with van der Waals surface area (Å²) >= 11 is 6.23. The van der Waals surface area contributed by atoms with Gasteiger partial charge in [0.1, 0.15) is 5.75 Å². The molecule has 1 aliphatic rings. The van der Waals surface area contributed by atoms with Gasteiger partial charge in [0.25, 0.3) is 0 Å². The first-order valence-electron chi connectivity index (χ1n) is 7.19. The summed E-state index contributed by atoms with van der Waals surface area (Å²) in [7, 11) is 0. The largest absolute Gasteiger partial charge is 0.490 e. The third-order valence-corrected chi connectivity index (χ3v) is 4.64. The van der Waals surface area contributed by atoms with Gasteiger partial charge in [-0.25, -0.2) is 0 Å². The van der Waals surface area contributed by atoms with Crippen LogP contribution < -0.4 is 10.5 Å². The van der Waals surface area contributed by atoms with E-state index in [9.17, 15) is 0 Å². The molecule has 1 aliphatic carbocycles. The Kier molecular flexibility index (Phi) is 4.75. The van der Waals surface area contributed by atoms with Crippen molar-refractivity contribution in [3.05, 3.63) is 28.8 Å². The van der Waals surface area contributed by atoms with E-state index in [0.717, 1.165) is 36.0 Å². The summed E-state index contributed by atoms with van der Waals surface area (Å²) in [6, 6.07) is 5.80. The number of nitrogens with two attached hydrogens (primary N) is 1. The van der Waals surface area contributed by atoms with Crippen LogP contribution in [0.25, 0.3) is 0 Å². The number of hydrogen-bond acceptors (Lipinski definition) is 2. The van der Waals surface area contributed by atoms with Gasteiger partial charge in [0.05, 0.1) is 6.10 Å². The lowest BCUT2D eigenvalue weighted by Gasteiger charge is -2.32. The summed E-state index contributed by atoms with van der Waals surface area (Å²) < 4.78 is 6.06. The predicted molar refractivity (Wildman–Crippen MR) is 80.6 cm³/mol. The Morgan fingerprint density at radius 1 is 1.26 bits per heavy atom. The van der Waals surface area contributed by atoms with E-state index in [0.29, 0.717) is 11.1 Å². The number of rotatable bonds is 3. The van der Waals surface area contributed by atoms with Gasteiger partial charge in [-0.05, 0) is 55.7 Å². The van der Waals surface area contributed by atoms with E-state index in [1.54, 1.807) is 0 Å². The van der Waals surface area contributed by atoms with Gasteiger partial charge < -0.3 is 10.5 Å². The average Bonchev–Trinajstić information content (AvgIpc) is 2.33. The van der Waals surface area contributed by atoms with Crippen molar-refractivity contribution in [2.24, 2.45) is 17.6 Å². The van der Waals surface area contributed by atoms with Crippen molar-refractivity contribution in [2.45, 2.75) is 52.2 Å². The zero-order chi connectivity index (χ0) is 14.0. The van der Waals surface area contributed by atoms with Crippen LogP contribution in [0.3, 0.4) is 0 Å². The van der Waals surface area contributed by atoms with Crippen LogP contribution in [0.5, 0.6) is 5.75 Å². The van der Waals surface area contributed by atoms with Crippen LogP contribution in [0.4, 0.5) is 0 Å². The molecule has 2 rings (SSSR count). The van der Waals surface area contributed by atoms with Crippen molar-refractivity contribution in [2.75, 3.05) is 0 Å². The molecule has 0 saturated heterocycles. The fourth-order valence-corrected chi connectivity index (χ4v) is 3.09. The predicted octanol–water partition coefficient (Wildman–Crippen LogP) is 4.56. The van der Waals surface area contributed by atoms with Crippen LogP contribution in [0.15, 0.2) is 18.2 Å². The molecule has 4 atom stereocenters. The second kappa shape index (κ2) is 6.15. The summed E-state index contributed by atoms with van der Waals surface area (Å²) in [6.07, 6.45) is 3.84. The van der Waals surface area contributed by atoms with Crippen LogP contribution >= 0.6 is 11.6 Å². The third kappa shape index (κ3) is 3.64. The maximum atomic E-state index is 6.23. The number of benzene rings is 1. The van der Waals surface area contributed by atoms with E-state index in [2.05, 4.69) is 13.8 Å². The van der Waals surface area contributed by atoms with E-state index in [1.165, 1.54) is 6.42 Å². The van der Waals surface area contributed by atoms with Gasteiger partial charge in [0.15, 0.2) is 0 Å². The molecule has 0 amide bonds. The quantitative estimate of drug-likeness (QED) is 0.881. The fraction of sp³-hybridized carbons (Fsp3) is 0.625. The standard InChI is InChI=1S/C16H24ClNO/c1-10-4-5-13(8-11(10)2)19-14-6-7-15(12(3)18)16(17)9-14/h6-7,9-13H,4-5,8,18H2,1-3H3. The second-order valence-electron chi connectivity index (χ2n) is 5.98. The first-order valence-corrected chi connectivity index (χ1v) is 7.57. The molecule has 0 spiro atoms. The Hall–Kier alpha value is -0.730. The molecule has 4 unspecified atom stereocenters. The maximum absolute atomic E-state index is 6.23. The molecule has 0 aromatic heterocycles. The third-order valence-electron chi connectivity index (χ3n) is 4.32. The van der Waals surface area contributed by atoms with Crippen LogP contribution in [0.1, 0.15) is 51.6 Å². The molecule has 19 heavy (non-hydrogen) atoms. The van der Waals surface area contributed by atoms with E-state index < -0.39 is 0 Å². The Morgan fingerprint density at radius 2 is 2.00 bits per heavy atom. The molecule has 2 N–H and O–H groups in total. The SMILES string of the molecule is CC(N)c1ccc(OC2CCC(C)C(C)C2)cc1Cl. The molecule has 3 heteroatoms. The number of hydrogen-bond donors (Lipinski definition) is 1. The number of halogens is 1. The van der Waals surface area contributed by atoms with Gasteiger partial charge in [0, 0.05) is 11.1 Å². The molecule has 1 aromatic rings. The molecule has 0 aliphatic heterocycles. The minimum atomic E-state index is -0.0443. The highest BCUT2D eigenvalue weighted by Gasteiger charge is 2.25. The molecule has 0 radical (unpaired) electrons. The molecule has 0 bridgehead atoms. The van der Waals surface area contributed by atoms with E-state index in [4.69, 9.17) is 22.1 Å². The molecule has 1 fully saturated rings. The van der Waals surface area contributed by atoms with Gasteiger partial charge in [-0.3, -0.25) is 0 Å². The summed E-state index contributed by atoms with van der Waals surface area (Å²) in [5.74, 6) is 2.41. The van der Waals surface area contributed by atoms with Crippen LogP contribution in [0.2, 0.25) is 5.02 Å². The lowest BCUT2D eigenvalue weighted by atomic mass is 9.80. The minimum Gasteiger partial charge on any atom is -0.490 e. The fourth-order valence-electron chi connectivity index (χ4n) is 2.75. The first kappa shape index (κ1) is 14.7. The Labute approximate surface area is 121 Å². The van der Waals surface area contributed by atoms with Crippen molar-refractivity contribution in [3.63, 3.8) is 0 Å². The summed E-state index contributed by atoms with van der Waals surface area (Å²) in [6.45, 7) is 6.58. The van der Waals surface area contributed by atoms with Gasteiger partial charge in [-0.15, -0.1) is 0 Å². The summed E-state index contributed by atoms with van der Waals surface area (Å²) in [5, 5.41) is 0.699. The van der Waals surface area contributed by atoms with Crippen molar-refractivity contribution >= 4 is 11.6 Å². The Balaban J connectivity index is 2.02. The van der Waals surface area contributed by atoms with Crippen molar-refractivity contribution < 1.29 is 4.74 Å². The molecule has 2 nitrogen and oxygen atoms in total. The molecular formula is C16H24ClNO. The monoisotopic (exact) mass is 281 g/mol.